The number of ether oxygens (including phenoxy) is 1. The van der Waals surface area contributed by atoms with Crippen molar-refractivity contribution >= 4 is 5.91 Å². The molecule has 3 aromatic carbocycles. The number of phenolic OH excluding ortho intramolecular Hbond substituents is 2. The van der Waals surface area contributed by atoms with Gasteiger partial charge in [0.15, 0.2) is 11.6 Å². The van der Waals surface area contributed by atoms with Crippen LogP contribution in [0.4, 0.5) is 0 Å². The molecule has 0 saturated carbocycles. The molecule has 1 aromatic heterocycles. The number of nitrogens with one attached hydrogen (secondary N) is 1. The van der Waals surface area contributed by atoms with Gasteiger partial charge in [-0.15, -0.1) is 5.10 Å². The third-order valence-corrected chi connectivity index (χ3v) is 6.76. The first-order valence-electron chi connectivity index (χ1n) is 12.3. The third-order valence-electron chi connectivity index (χ3n) is 6.76. The summed E-state index contributed by atoms with van der Waals surface area (Å²) in [4.78, 5) is 17.4. The number of benzene rings is 3. The molecule has 0 bridgehead atoms. The number of rotatable bonds is 7. The maximum absolute atomic E-state index is 12.8. The van der Waals surface area contributed by atoms with Crippen molar-refractivity contribution in [2.45, 2.75) is 0 Å². The van der Waals surface area contributed by atoms with E-state index in [4.69, 9.17) is 4.74 Å². The minimum absolute atomic E-state index is 0.0590. The Morgan fingerprint density at radius 1 is 0.946 bits per heavy atom. The maximum Gasteiger partial charge on any atom is 0.251 e. The van der Waals surface area contributed by atoms with Crippen molar-refractivity contribution in [3.8, 4) is 40.0 Å². The number of likely N-dealkylation sites (N-methyl/N-ethyl adjacent to an activating group) is 1. The first-order valence-corrected chi connectivity index (χ1v) is 12.3. The molecule has 2 heterocycles. The van der Waals surface area contributed by atoms with E-state index in [1.54, 1.807) is 77.5 Å². The number of carbonyl (C=O) groups is 1. The van der Waals surface area contributed by atoms with E-state index in [2.05, 4.69) is 22.4 Å². The second-order valence-electron chi connectivity index (χ2n) is 9.41. The fourth-order valence-electron chi connectivity index (χ4n) is 4.41. The highest BCUT2D eigenvalue weighted by Crippen LogP contribution is 2.33. The van der Waals surface area contributed by atoms with Crippen molar-refractivity contribution < 1.29 is 24.2 Å². The molecule has 1 aliphatic rings. The summed E-state index contributed by atoms with van der Waals surface area (Å²) < 4.78 is 7.93. The number of para-hydroxylation sites is 2. The molecule has 0 aliphatic carbocycles. The van der Waals surface area contributed by atoms with E-state index in [1.807, 2.05) is 0 Å². The Hall–Kier alpha value is -4.21. The fraction of sp³-hybridized carbons (Fsp3) is 0.250. The van der Waals surface area contributed by atoms with Crippen LogP contribution in [0.2, 0.25) is 0 Å². The highest BCUT2D eigenvalue weighted by molar-refractivity contribution is 5.94. The van der Waals surface area contributed by atoms with Gasteiger partial charge >= 0.3 is 0 Å². The lowest BCUT2D eigenvalue weighted by Gasteiger charge is -2.37. The van der Waals surface area contributed by atoms with Crippen LogP contribution in [0.1, 0.15) is 10.4 Å². The Labute approximate surface area is 215 Å². The average molecular weight is 501 g/mol. The van der Waals surface area contributed by atoms with Gasteiger partial charge in [0.2, 0.25) is 0 Å². The zero-order valence-corrected chi connectivity index (χ0v) is 20.7. The van der Waals surface area contributed by atoms with Crippen LogP contribution in [0, 0.1) is 0 Å². The molecule has 9 heteroatoms. The summed E-state index contributed by atoms with van der Waals surface area (Å²) in [6, 6.07) is 20.8. The lowest BCUT2D eigenvalue weighted by Crippen LogP contribution is -2.54. The average Bonchev–Trinajstić information content (AvgIpc) is 3.34. The lowest BCUT2D eigenvalue weighted by atomic mass is 10.1. The number of aromatic hydroxyl groups is 2. The zero-order chi connectivity index (χ0) is 25.8. The number of aromatic nitrogens is 3. The SMILES string of the molecule is C[N+]1(CCNC(=O)c2ccc(-n3nc(-c4ccccc4O)nc3-c3ccccc3O)cc2)CCOCC1. The van der Waals surface area contributed by atoms with Gasteiger partial charge in [0.1, 0.15) is 24.6 Å². The number of hydrogen-bond acceptors (Lipinski definition) is 6. The van der Waals surface area contributed by atoms with E-state index in [-0.39, 0.29) is 17.4 Å². The van der Waals surface area contributed by atoms with Crippen LogP contribution in [-0.2, 0) is 4.74 Å². The topological polar surface area (TPSA) is 110 Å². The van der Waals surface area contributed by atoms with Crippen LogP contribution in [0.15, 0.2) is 72.8 Å². The molecule has 0 atom stereocenters. The highest BCUT2D eigenvalue weighted by Gasteiger charge is 2.25. The Bertz CT molecular complexity index is 1390. The number of hydrogen-bond donors (Lipinski definition) is 3. The summed E-state index contributed by atoms with van der Waals surface area (Å²) in [5, 5.41) is 28.5. The molecular formula is C28H30N5O4+. The van der Waals surface area contributed by atoms with E-state index in [0.717, 1.165) is 37.3 Å². The molecule has 1 amide bonds. The molecule has 1 saturated heterocycles. The van der Waals surface area contributed by atoms with E-state index in [1.165, 1.54) is 0 Å². The van der Waals surface area contributed by atoms with Crippen molar-refractivity contribution in [1.82, 2.24) is 20.1 Å². The summed E-state index contributed by atoms with van der Waals surface area (Å²) in [5.41, 5.74) is 2.18. The normalized spacial score (nSPS) is 14.8. The number of carbonyl (C=O) groups excluding carboxylic acids is 1. The molecule has 1 aliphatic heterocycles. The molecule has 0 spiro atoms. The van der Waals surface area contributed by atoms with Crippen LogP contribution in [0.25, 0.3) is 28.5 Å². The van der Waals surface area contributed by atoms with Gasteiger partial charge in [0.25, 0.3) is 5.91 Å². The summed E-state index contributed by atoms with van der Waals surface area (Å²) in [6.45, 7) is 4.84. The van der Waals surface area contributed by atoms with Gasteiger partial charge in [-0.25, -0.2) is 9.67 Å². The Morgan fingerprint density at radius 3 is 2.22 bits per heavy atom. The van der Waals surface area contributed by atoms with Crippen LogP contribution in [-0.4, -0.2) is 81.8 Å². The molecule has 5 rings (SSSR count). The minimum Gasteiger partial charge on any atom is -0.507 e. The Balaban J connectivity index is 1.39. The standard InChI is InChI=1S/C28H29N5O4/c1-33(16-18-37-19-17-33)15-14-29-28(36)20-10-12-21(13-11-20)32-27(23-7-3-5-9-25(23)35)30-26(31-32)22-6-2-4-8-24(22)34/h2-13H,14-19H2,1H3,(H2-,29,30,31,34,35,36)/p+1. The van der Waals surface area contributed by atoms with Crippen LogP contribution >= 0.6 is 0 Å². The monoisotopic (exact) mass is 500 g/mol. The molecule has 3 N–H and O–H groups in total. The van der Waals surface area contributed by atoms with Gasteiger partial charge in [-0.3, -0.25) is 4.79 Å². The second-order valence-corrected chi connectivity index (χ2v) is 9.41. The van der Waals surface area contributed by atoms with Crippen LogP contribution in [0.5, 0.6) is 11.5 Å². The van der Waals surface area contributed by atoms with E-state index < -0.39 is 0 Å². The predicted octanol–water partition coefficient (Wildman–Crippen LogP) is 3.22. The molecule has 1 fully saturated rings. The summed E-state index contributed by atoms with van der Waals surface area (Å²) >= 11 is 0. The molecule has 190 valence electrons. The maximum atomic E-state index is 12.8. The lowest BCUT2D eigenvalue weighted by molar-refractivity contribution is -0.915. The molecule has 0 radical (unpaired) electrons. The van der Waals surface area contributed by atoms with Gasteiger partial charge in [-0.05, 0) is 48.5 Å². The Morgan fingerprint density at radius 2 is 1.57 bits per heavy atom. The smallest absolute Gasteiger partial charge is 0.251 e. The Kier molecular flexibility index (Phi) is 6.89. The molecule has 4 aromatic rings. The molecule has 9 nitrogen and oxygen atoms in total. The van der Waals surface area contributed by atoms with E-state index >= 15 is 0 Å². The van der Waals surface area contributed by atoms with Gasteiger partial charge in [0, 0.05) is 5.56 Å². The first kappa shape index (κ1) is 24.5. The molecular weight excluding hydrogens is 470 g/mol. The van der Waals surface area contributed by atoms with Crippen molar-refractivity contribution in [2.24, 2.45) is 0 Å². The molecule has 0 unspecified atom stereocenters. The van der Waals surface area contributed by atoms with Crippen molar-refractivity contribution in [3.05, 3.63) is 78.4 Å². The van der Waals surface area contributed by atoms with Gasteiger partial charge in [-0.2, -0.15) is 0 Å². The summed E-state index contributed by atoms with van der Waals surface area (Å²) in [7, 11) is 2.19. The van der Waals surface area contributed by atoms with Gasteiger partial charge in [0.05, 0.1) is 50.2 Å². The predicted molar refractivity (Wildman–Crippen MR) is 139 cm³/mol. The van der Waals surface area contributed by atoms with Crippen LogP contribution in [0.3, 0.4) is 0 Å². The van der Waals surface area contributed by atoms with E-state index in [0.29, 0.717) is 40.6 Å². The third kappa shape index (κ3) is 5.32. The van der Waals surface area contributed by atoms with Crippen molar-refractivity contribution in [1.29, 1.82) is 0 Å². The molecule has 37 heavy (non-hydrogen) atoms. The van der Waals surface area contributed by atoms with Gasteiger partial charge < -0.3 is 24.7 Å². The summed E-state index contributed by atoms with van der Waals surface area (Å²) in [5.74, 6) is 0.714. The summed E-state index contributed by atoms with van der Waals surface area (Å²) in [6.07, 6.45) is 0. The fourth-order valence-corrected chi connectivity index (χ4v) is 4.41. The number of phenols is 2. The van der Waals surface area contributed by atoms with Crippen molar-refractivity contribution in [3.63, 3.8) is 0 Å². The number of nitrogens with zero attached hydrogens (tertiary/aromatic N) is 4. The van der Waals surface area contributed by atoms with Crippen LogP contribution < -0.4 is 5.32 Å². The number of morpholine rings is 1. The quantitative estimate of drug-likeness (QED) is 0.336. The highest BCUT2D eigenvalue weighted by atomic mass is 16.5. The largest absolute Gasteiger partial charge is 0.507 e. The zero-order valence-electron chi connectivity index (χ0n) is 20.7. The van der Waals surface area contributed by atoms with Crippen molar-refractivity contribution in [2.75, 3.05) is 46.4 Å². The second kappa shape index (κ2) is 10.4. The minimum atomic E-state index is -0.138. The number of amides is 1. The van der Waals surface area contributed by atoms with Gasteiger partial charge in [-0.1, -0.05) is 24.3 Å². The number of quaternary nitrogens is 1. The first-order chi connectivity index (χ1) is 17.9. The van der Waals surface area contributed by atoms with E-state index in [9.17, 15) is 15.0 Å².